The van der Waals surface area contributed by atoms with Crippen molar-refractivity contribution in [3.8, 4) is 0 Å². The van der Waals surface area contributed by atoms with Crippen LogP contribution in [-0.2, 0) is 33.4 Å². The van der Waals surface area contributed by atoms with E-state index in [4.69, 9.17) is 14.2 Å². The standard InChI is InChI=1S/C23H30N6O9/c1-12(31)5-7-15(33)37-18-14(9-30)36-22(19(18)38-16(34)8-6-13(2)32)29-11-24-17-20(29)26-23(27-21(17)35)25-10-28(3)4/h10-11,14,18-19,22,30H,5-9H2,1-4H3,(H,26,27,35)/b25-10+/t14-,18-,19-,22-/m1/s1. The van der Waals surface area contributed by atoms with Crippen LogP contribution in [0.1, 0.15) is 45.8 Å². The molecule has 0 aliphatic carbocycles. The number of fused-ring (bicyclic) bond motifs is 1. The maximum atomic E-state index is 12.6. The number of aromatic nitrogens is 4. The molecule has 0 amide bonds. The molecule has 1 fully saturated rings. The third-order valence-electron chi connectivity index (χ3n) is 5.47. The number of aliphatic hydroxyl groups excluding tert-OH is 1. The summed E-state index contributed by atoms with van der Waals surface area (Å²) >= 11 is 0. The lowest BCUT2D eigenvalue weighted by atomic mass is 10.1. The van der Waals surface area contributed by atoms with Crippen molar-refractivity contribution in [3.05, 3.63) is 16.7 Å². The van der Waals surface area contributed by atoms with Gasteiger partial charge in [-0.3, -0.25) is 23.9 Å². The molecule has 0 spiro atoms. The van der Waals surface area contributed by atoms with E-state index in [1.807, 2.05) is 0 Å². The molecular formula is C23H30N6O9. The Morgan fingerprint density at radius 2 is 1.71 bits per heavy atom. The van der Waals surface area contributed by atoms with E-state index in [1.54, 1.807) is 19.0 Å². The number of ketones is 2. The highest BCUT2D eigenvalue weighted by molar-refractivity contribution is 5.82. The average Bonchev–Trinajstić information content (AvgIpc) is 3.41. The van der Waals surface area contributed by atoms with Crippen molar-refractivity contribution in [1.82, 2.24) is 24.4 Å². The molecule has 4 atom stereocenters. The predicted octanol–water partition coefficient (Wildman–Crippen LogP) is -0.207. The Labute approximate surface area is 216 Å². The van der Waals surface area contributed by atoms with Gasteiger partial charge in [-0.1, -0.05) is 0 Å². The fraction of sp³-hybridized carbons (Fsp3) is 0.565. The molecular weight excluding hydrogens is 504 g/mol. The van der Waals surface area contributed by atoms with E-state index in [-0.39, 0.29) is 54.4 Å². The number of aliphatic hydroxyl groups is 1. The normalized spacial score (nSPS) is 21.1. The number of aliphatic imine (C=N–C) groups is 1. The lowest BCUT2D eigenvalue weighted by Gasteiger charge is -2.24. The van der Waals surface area contributed by atoms with Gasteiger partial charge < -0.3 is 33.8 Å². The van der Waals surface area contributed by atoms with E-state index in [0.29, 0.717) is 0 Å². The summed E-state index contributed by atoms with van der Waals surface area (Å²) in [5.74, 6) is -2.01. The summed E-state index contributed by atoms with van der Waals surface area (Å²) in [6.07, 6.45) is -2.84. The number of imidazole rings is 1. The van der Waals surface area contributed by atoms with Crippen LogP contribution in [0, 0.1) is 0 Å². The molecule has 3 rings (SSSR count). The maximum absolute atomic E-state index is 12.6. The van der Waals surface area contributed by atoms with Crippen LogP contribution in [0.5, 0.6) is 0 Å². The van der Waals surface area contributed by atoms with Crippen molar-refractivity contribution < 1.29 is 38.5 Å². The van der Waals surface area contributed by atoms with Gasteiger partial charge >= 0.3 is 11.9 Å². The Balaban J connectivity index is 2.00. The first-order chi connectivity index (χ1) is 18.0. The average molecular weight is 535 g/mol. The summed E-state index contributed by atoms with van der Waals surface area (Å²) in [6, 6.07) is 0. The van der Waals surface area contributed by atoms with Gasteiger partial charge in [0.15, 0.2) is 29.6 Å². The van der Waals surface area contributed by atoms with Crippen molar-refractivity contribution in [2.24, 2.45) is 4.99 Å². The molecule has 3 heterocycles. The molecule has 2 N–H and O–H groups in total. The smallest absolute Gasteiger partial charge is 0.306 e. The molecule has 2 aromatic rings. The molecule has 0 unspecified atom stereocenters. The van der Waals surface area contributed by atoms with E-state index in [9.17, 15) is 29.1 Å². The quantitative estimate of drug-likeness (QED) is 0.207. The van der Waals surface area contributed by atoms with Crippen LogP contribution in [0.4, 0.5) is 5.95 Å². The number of hydrogen-bond donors (Lipinski definition) is 2. The Kier molecular flexibility index (Phi) is 9.41. The van der Waals surface area contributed by atoms with Crippen LogP contribution >= 0.6 is 0 Å². The van der Waals surface area contributed by atoms with Crippen molar-refractivity contribution >= 4 is 47.0 Å². The van der Waals surface area contributed by atoms with E-state index in [0.717, 1.165) is 0 Å². The molecule has 15 heteroatoms. The van der Waals surface area contributed by atoms with Gasteiger partial charge in [0.05, 0.1) is 32.1 Å². The van der Waals surface area contributed by atoms with Crippen LogP contribution in [-0.4, -0.2) is 98.4 Å². The maximum Gasteiger partial charge on any atom is 0.306 e. The zero-order valence-electron chi connectivity index (χ0n) is 21.4. The van der Waals surface area contributed by atoms with E-state index >= 15 is 0 Å². The lowest BCUT2D eigenvalue weighted by molar-refractivity contribution is -0.169. The number of aromatic amines is 1. The van der Waals surface area contributed by atoms with Gasteiger partial charge in [0.1, 0.15) is 17.7 Å². The molecule has 0 saturated carbocycles. The first-order valence-electron chi connectivity index (χ1n) is 11.8. The largest absolute Gasteiger partial charge is 0.455 e. The molecule has 2 aromatic heterocycles. The van der Waals surface area contributed by atoms with Gasteiger partial charge in [-0.2, -0.15) is 4.98 Å². The Bertz CT molecular complexity index is 1280. The number of nitrogens with one attached hydrogen (secondary N) is 1. The van der Waals surface area contributed by atoms with Crippen LogP contribution in [0.25, 0.3) is 11.2 Å². The first kappa shape index (κ1) is 28.6. The molecule has 38 heavy (non-hydrogen) atoms. The second-order valence-corrected chi connectivity index (χ2v) is 8.98. The van der Waals surface area contributed by atoms with Crippen molar-refractivity contribution in [2.45, 2.75) is 64.1 Å². The van der Waals surface area contributed by atoms with Gasteiger partial charge in [0.2, 0.25) is 5.95 Å². The fourth-order valence-corrected chi connectivity index (χ4v) is 3.66. The van der Waals surface area contributed by atoms with Crippen LogP contribution in [0.15, 0.2) is 16.1 Å². The highest BCUT2D eigenvalue weighted by atomic mass is 16.6. The highest BCUT2D eigenvalue weighted by Crippen LogP contribution is 2.35. The number of H-pyrrole nitrogens is 1. The van der Waals surface area contributed by atoms with Crippen molar-refractivity contribution in [3.63, 3.8) is 0 Å². The monoisotopic (exact) mass is 534 g/mol. The third-order valence-corrected chi connectivity index (χ3v) is 5.47. The van der Waals surface area contributed by atoms with Gasteiger partial charge in [-0.05, 0) is 13.8 Å². The Morgan fingerprint density at radius 1 is 1.11 bits per heavy atom. The summed E-state index contributed by atoms with van der Waals surface area (Å²) in [6.45, 7) is 2.04. The number of carbonyl (C=O) groups excluding carboxylic acids is 4. The third kappa shape index (κ3) is 7.07. The second kappa shape index (κ2) is 12.5. The molecule has 206 valence electrons. The van der Waals surface area contributed by atoms with Gasteiger partial charge in [0.25, 0.3) is 5.56 Å². The van der Waals surface area contributed by atoms with E-state index < -0.39 is 48.6 Å². The molecule has 1 aliphatic heterocycles. The van der Waals surface area contributed by atoms with Crippen molar-refractivity contribution in [1.29, 1.82) is 0 Å². The molecule has 0 bridgehead atoms. The molecule has 1 saturated heterocycles. The van der Waals surface area contributed by atoms with Crippen LogP contribution < -0.4 is 5.56 Å². The zero-order chi connectivity index (χ0) is 28.0. The molecule has 15 nitrogen and oxygen atoms in total. The van der Waals surface area contributed by atoms with Gasteiger partial charge in [-0.25, -0.2) is 9.98 Å². The number of esters is 2. The van der Waals surface area contributed by atoms with E-state index in [2.05, 4.69) is 19.9 Å². The van der Waals surface area contributed by atoms with Gasteiger partial charge in [-0.15, -0.1) is 0 Å². The Morgan fingerprint density at radius 3 is 2.26 bits per heavy atom. The number of hydrogen-bond acceptors (Lipinski definition) is 12. The lowest BCUT2D eigenvalue weighted by Crippen LogP contribution is -2.40. The summed E-state index contributed by atoms with van der Waals surface area (Å²) < 4.78 is 18.3. The number of ether oxygens (including phenoxy) is 3. The first-order valence-corrected chi connectivity index (χ1v) is 11.8. The number of nitrogens with zero attached hydrogens (tertiary/aromatic N) is 5. The van der Waals surface area contributed by atoms with Crippen LogP contribution in [0.2, 0.25) is 0 Å². The van der Waals surface area contributed by atoms with Crippen LogP contribution in [0.3, 0.4) is 0 Å². The zero-order valence-corrected chi connectivity index (χ0v) is 21.4. The SMILES string of the molecule is CC(=O)CCC(=O)O[C@@H]1[C@H](OC(=O)CCC(C)=O)[C@@H](CO)O[C@H]1n1cnc2c(=O)[nH]c(/N=C/N(C)C)nc21. The van der Waals surface area contributed by atoms with E-state index in [1.165, 1.54) is 31.1 Å². The molecule has 1 aliphatic rings. The molecule has 0 aromatic carbocycles. The summed E-state index contributed by atoms with van der Waals surface area (Å²) in [4.78, 5) is 76.9. The predicted molar refractivity (Wildman–Crippen MR) is 131 cm³/mol. The minimum atomic E-state index is -1.31. The fourth-order valence-electron chi connectivity index (χ4n) is 3.66. The summed E-state index contributed by atoms with van der Waals surface area (Å²) in [7, 11) is 3.46. The molecule has 0 radical (unpaired) electrons. The number of carbonyl (C=O) groups is 4. The highest BCUT2D eigenvalue weighted by Gasteiger charge is 2.50. The minimum Gasteiger partial charge on any atom is -0.455 e. The summed E-state index contributed by atoms with van der Waals surface area (Å²) in [5, 5.41) is 9.96. The number of rotatable bonds is 12. The number of Topliss-reactive ketones (excluding diaryl/α,β-unsaturated/α-hetero) is 2. The van der Waals surface area contributed by atoms with Crippen molar-refractivity contribution in [2.75, 3.05) is 20.7 Å². The Hall–Kier alpha value is -3.98. The summed E-state index contributed by atoms with van der Waals surface area (Å²) in [5.41, 5.74) is -0.602. The minimum absolute atomic E-state index is 0.0307. The topological polar surface area (TPSA) is 195 Å². The van der Waals surface area contributed by atoms with Gasteiger partial charge in [0, 0.05) is 26.9 Å². The second-order valence-electron chi connectivity index (χ2n) is 8.98.